The highest BCUT2D eigenvalue weighted by Crippen LogP contribution is 2.47. The zero-order valence-electron chi connectivity index (χ0n) is 13.4. The molecule has 0 bridgehead atoms. The highest BCUT2D eigenvalue weighted by Gasteiger charge is 2.41. The summed E-state index contributed by atoms with van der Waals surface area (Å²) >= 11 is 0. The number of methoxy groups -OCH3 is 1. The van der Waals surface area contributed by atoms with Crippen molar-refractivity contribution >= 4 is 0 Å². The Labute approximate surface area is 122 Å². The monoisotopic (exact) mass is 279 g/mol. The molecule has 4 nitrogen and oxygen atoms in total. The van der Waals surface area contributed by atoms with Gasteiger partial charge in [-0.25, -0.2) is 0 Å². The zero-order valence-corrected chi connectivity index (χ0v) is 13.4. The summed E-state index contributed by atoms with van der Waals surface area (Å²) in [6, 6.07) is 2.25. The summed E-state index contributed by atoms with van der Waals surface area (Å²) in [6.45, 7) is 10.4. The summed E-state index contributed by atoms with van der Waals surface area (Å²) in [5, 5.41) is 8.14. The topological polar surface area (TPSA) is 39.1 Å². The molecule has 1 aromatic heterocycles. The third-order valence-electron chi connectivity index (χ3n) is 4.44. The Balaban J connectivity index is 2.00. The van der Waals surface area contributed by atoms with Gasteiger partial charge in [0.2, 0.25) is 0 Å². The molecule has 1 aliphatic carbocycles. The lowest BCUT2D eigenvalue weighted by Crippen LogP contribution is -2.37. The van der Waals surface area contributed by atoms with Crippen LogP contribution in [-0.4, -0.2) is 36.6 Å². The lowest BCUT2D eigenvalue weighted by molar-refractivity contribution is 0.186. The molecule has 114 valence electrons. The minimum Gasteiger partial charge on any atom is -0.383 e. The normalized spacial score (nSPS) is 18.2. The van der Waals surface area contributed by atoms with Gasteiger partial charge in [-0.1, -0.05) is 6.92 Å². The van der Waals surface area contributed by atoms with Crippen LogP contribution in [0.25, 0.3) is 0 Å². The van der Waals surface area contributed by atoms with E-state index in [0.29, 0.717) is 5.41 Å². The first-order valence-corrected chi connectivity index (χ1v) is 7.82. The lowest BCUT2D eigenvalue weighted by atomic mass is 9.80. The molecule has 1 saturated carbocycles. The first-order chi connectivity index (χ1) is 9.59. The minimum absolute atomic E-state index is 0.340. The molecule has 1 aromatic rings. The summed E-state index contributed by atoms with van der Waals surface area (Å²) in [7, 11) is 1.75. The van der Waals surface area contributed by atoms with E-state index in [2.05, 4.69) is 41.9 Å². The van der Waals surface area contributed by atoms with Crippen molar-refractivity contribution in [1.29, 1.82) is 0 Å². The second kappa shape index (κ2) is 6.72. The predicted molar refractivity (Wildman–Crippen MR) is 81.9 cm³/mol. The molecule has 0 spiro atoms. The van der Waals surface area contributed by atoms with Gasteiger partial charge in [0.15, 0.2) is 0 Å². The molecule has 1 atom stereocenters. The van der Waals surface area contributed by atoms with Crippen LogP contribution in [0.5, 0.6) is 0 Å². The van der Waals surface area contributed by atoms with E-state index >= 15 is 0 Å². The van der Waals surface area contributed by atoms with E-state index in [-0.39, 0.29) is 0 Å². The first kappa shape index (κ1) is 15.5. The molecule has 0 aromatic carbocycles. The summed E-state index contributed by atoms with van der Waals surface area (Å²) in [5.41, 5.74) is 2.85. The van der Waals surface area contributed by atoms with Crippen molar-refractivity contribution in [3.05, 3.63) is 17.5 Å². The van der Waals surface area contributed by atoms with E-state index in [4.69, 9.17) is 4.74 Å². The van der Waals surface area contributed by atoms with Crippen LogP contribution in [0.1, 0.15) is 38.1 Å². The van der Waals surface area contributed by atoms with Gasteiger partial charge in [0.25, 0.3) is 0 Å². The molecule has 1 heterocycles. The Hall–Kier alpha value is -0.870. The predicted octanol–water partition coefficient (Wildman–Crippen LogP) is 2.41. The number of hydrogen-bond donors (Lipinski definition) is 1. The summed E-state index contributed by atoms with van der Waals surface area (Å²) in [4.78, 5) is 0. The summed E-state index contributed by atoms with van der Waals surface area (Å²) in [5.74, 6) is 0.859. The van der Waals surface area contributed by atoms with Gasteiger partial charge in [0, 0.05) is 32.4 Å². The highest BCUT2D eigenvalue weighted by atomic mass is 16.5. The first-order valence-electron chi connectivity index (χ1n) is 7.82. The molecular formula is C16H29N3O. The van der Waals surface area contributed by atoms with Gasteiger partial charge in [-0.15, -0.1) is 0 Å². The smallest absolute Gasteiger partial charge is 0.0596 e. The van der Waals surface area contributed by atoms with E-state index in [9.17, 15) is 0 Å². The van der Waals surface area contributed by atoms with Crippen LogP contribution in [0, 0.1) is 18.3 Å². The Morgan fingerprint density at radius 3 is 2.85 bits per heavy atom. The largest absolute Gasteiger partial charge is 0.383 e. The maximum absolute atomic E-state index is 5.11. The highest BCUT2D eigenvalue weighted by molar-refractivity contribution is 5.13. The lowest BCUT2D eigenvalue weighted by Gasteiger charge is -2.30. The van der Waals surface area contributed by atoms with Gasteiger partial charge in [-0.3, -0.25) is 4.68 Å². The van der Waals surface area contributed by atoms with Crippen LogP contribution < -0.4 is 5.32 Å². The molecule has 1 aliphatic rings. The number of aryl methyl sites for hydroxylation is 2. The van der Waals surface area contributed by atoms with Crippen LogP contribution in [-0.2, 0) is 17.7 Å². The van der Waals surface area contributed by atoms with Crippen LogP contribution in [0.15, 0.2) is 6.07 Å². The van der Waals surface area contributed by atoms with Gasteiger partial charge in [0.1, 0.15) is 0 Å². The second-order valence-corrected chi connectivity index (χ2v) is 6.37. The van der Waals surface area contributed by atoms with Crippen molar-refractivity contribution < 1.29 is 4.74 Å². The number of nitrogens with one attached hydrogen (secondary N) is 1. The van der Waals surface area contributed by atoms with Gasteiger partial charge in [0.05, 0.1) is 12.3 Å². The van der Waals surface area contributed by atoms with Crippen LogP contribution in [0.4, 0.5) is 0 Å². The van der Waals surface area contributed by atoms with Crippen LogP contribution >= 0.6 is 0 Å². The van der Waals surface area contributed by atoms with Gasteiger partial charge < -0.3 is 10.1 Å². The average molecular weight is 279 g/mol. The molecule has 2 rings (SSSR count). The Bertz CT molecular complexity index is 425. The van der Waals surface area contributed by atoms with Crippen molar-refractivity contribution in [2.75, 3.05) is 26.8 Å². The van der Waals surface area contributed by atoms with Crippen LogP contribution in [0.3, 0.4) is 0 Å². The maximum Gasteiger partial charge on any atom is 0.0596 e. The van der Waals surface area contributed by atoms with Crippen molar-refractivity contribution in [3.8, 4) is 0 Å². The molecule has 0 saturated heterocycles. The van der Waals surface area contributed by atoms with Crippen molar-refractivity contribution in [3.63, 3.8) is 0 Å². The third kappa shape index (κ3) is 3.83. The van der Waals surface area contributed by atoms with E-state index in [0.717, 1.165) is 44.3 Å². The average Bonchev–Trinajstić information content (AvgIpc) is 3.21. The molecule has 0 amide bonds. The zero-order chi connectivity index (χ0) is 14.6. The Morgan fingerprint density at radius 1 is 1.50 bits per heavy atom. The fraction of sp³-hybridized carbons (Fsp3) is 0.812. The third-order valence-corrected chi connectivity index (χ3v) is 4.44. The minimum atomic E-state index is 0.340. The summed E-state index contributed by atoms with van der Waals surface area (Å²) in [6.07, 6.45) is 3.87. The molecule has 1 unspecified atom stereocenters. The fourth-order valence-corrected chi connectivity index (χ4v) is 3.11. The van der Waals surface area contributed by atoms with Crippen molar-refractivity contribution in [2.45, 2.75) is 46.6 Å². The fourth-order valence-electron chi connectivity index (χ4n) is 3.11. The molecule has 4 heteroatoms. The molecular weight excluding hydrogens is 250 g/mol. The molecule has 0 radical (unpaired) electrons. The van der Waals surface area contributed by atoms with E-state index < -0.39 is 0 Å². The number of ether oxygens (including phenoxy) is 1. The number of hydrogen-bond acceptors (Lipinski definition) is 3. The van der Waals surface area contributed by atoms with Gasteiger partial charge in [-0.2, -0.15) is 5.10 Å². The van der Waals surface area contributed by atoms with E-state index in [1.807, 2.05) is 0 Å². The summed E-state index contributed by atoms with van der Waals surface area (Å²) < 4.78 is 7.27. The van der Waals surface area contributed by atoms with Crippen molar-refractivity contribution in [2.24, 2.45) is 11.3 Å². The molecule has 1 N–H and O–H groups in total. The van der Waals surface area contributed by atoms with Gasteiger partial charge in [-0.05, 0) is 50.5 Å². The maximum atomic E-state index is 5.11. The van der Waals surface area contributed by atoms with Crippen LogP contribution in [0.2, 0.25) is 0 Å². The Kier molecular flexibility index (Phi) is 5.22. The van der Waals surface area contributed by atoms with E-state index in [1.54, 1.807) is 7.11 Å². The second-order valence-electron chi connectivity index (χ2n) is 6.37. The quantitative estimate of drug-likeness (QED) is 0.706. The van der Waals surface area contributed by atoms with Crippen molar-refractivity contribution in [1.82, 2.24) is 15.1 Å². The number of rotatable bonds is 9. The Morgan fingerprint density at radius 2 is 2.25 bits per heavy atom. The van der Waals surface area contributed by atoms with E-state index in [1.165, 1.54) is 18.5 Å². The SMILES string of the molecule is CCn1nc(C)cc1CC(C)(CNCCOC)C1CC1. The standard InChI is InChI=1S/C16H29N3O/c1-5-19-15(10-13(2)18-19)11-16(3,14-6-7-14)12-17-8-9-20-4/h10,14,17H,5-9,11-12H2,1-4H3. The molecule has 20 heavy (non-hydrogen) atoms. The van der Waals surface area contributed by atoms with Gasteiger partial charge >= 0.3 is 0 Å². The molecule has 1 fully saturated rings. The molecule has 0 aliphatic heterocycles. The number of nitrogens with zero attached hydrogens (tertiary/aromatic N) is 2. The number of aromatic nitrogens is 2.